The Labute approximate surface area is 170 Å². The molecule has 0 bridgehead atoms. The number of anilines is 2. The number of hydrogen-bond acceptors (Lipinski definition) is 5. The van der Waals surface area contributed by atoms with Crippen LogP contribution in [0.1, 0.15) is 5.56 Å². The number of carbonyl (C=O) groups is 1. The highest BCUT2D eigenvalue weighted by molar-refractivity contribution is 6.01. The molecule has 1 fully saturated rings. The van der Waals surface area contributed by atoms with E-state index < -0.39 is 0 Å². The number of ether oxygens (including phenoxy) is 1. The van der Waals surface area contributed by atoms with Gasteiger partial charge in [-0.15, -0.1) is 10.2 Å². The Bertz CT molecular complexity index is 957. The Morgan fingerprint density at radius 2 is 1.66 bits per heavy atom. The first-order chi connectivity index (χ1) is 14.2. The highest BCUT2D eigenvalue weighted by atomic mass is 16.5. The first-order valence-corrected chi connectivity index (χ1v) is 9.80. The van der Waals surface area contributed by atoms with E-state index in [0.717, 1.165) is 35.6 Å². The minimum atomic E-state index is -0.0250. The second-order valence-corrected chi connectivity index (χ2v) is 7.06. The fourth-order valence-corrected chi connectivity index (χ4v) is 3.43. The van der Waals surface area contributed by atoms with Crippen LogP contribution in [0.4, 0.5) is 11.5 Å². The third kappa shape index (κ3) is 4.50. The quantitative estimate of drug-likeness (QED) is 0.670. The molecule has 1 saturated heterocycles. The number of aromatic nitrogens is 2. The number of morpholine rings is 1. The SMILES string of the molecule is Cc1cc(-c2ccccc2)nnc1N(C(=O)CN1CCOCC1)c1ccccc1. The Morgan fingerprint density at radius 3 is 2.31 bits per heavy atom. The van der Waals surface area contributed by atoms with Crippen LogP contribution < -0.4 is 4.90 Å². The van der Waals surface area contributed by atoms with Crippen LogP contribution in [-0.2, 0) is 9.53 Å². The lowest BCUT2D eigenvalue weighted by Crippen LogP contribution is -2.44. The molecule has 0 spiro atoms. The summed E-state index contributed by atoms with van der Waals surface area (Å²) in [4.78, 5) is 17.1. The highest BCUT2D eigenvalue weighted by Crippen LogP contribution is 2.28. The van der Waals surface area contributed by atoms with Crippen LogP contribution in [0.25, 0.3) is 11.3 Å². The zero-order chi connectivity index (χ0) is 20.1. The average molecular weight is 388 g/mol. The summed E-state index contributed by atoms with van der Waals surface area (Å²) >= 11 is 0. The predicted molar refractivity (Wildman–Crippen MR) is 113 cm³/mol. The van der Waals surface area contributed by atoms with Gasteiger partial charge in [0.1, 0.15) is 0 Å². The van der Waals surface area contributed by atoms with Crippen molar-refractivity contribution in [3.05, 3.63) is 72.3 Å². The number of rotatable bonds is 5. The Kier molecular flexibility index (Phi) is 5.93. The summed E-state index contributed by atoms with van der Waals surface area (Å²) in [6.07, 6.45) is 0. The van der Waals surface area contributed by atoms with Crippen molar-refractivity contribution in [2.75, 3.05) is 37.7 Å². The molecule has 0 N–H and O–H groups in total. The number of carbonyl (C=O) groups excluding carboxylic acids is 1. The maximum atomic E-state index is 13.3. The first-order valence-electron chi connectivity index (χ1n) is 9.80. The fraction of sp³-hybridized carbons (Fsp3) is 0.261. The average Bonchev–Trinajstić information content (AvgIpc) is 2.77. The van der Waals surface area contributed by atoms with Crippen LogP contribution in [0.3, 0.4) is 0 Å². The zero-order valence-electron chi connectivity index (χ0n) is 16.5. The third-order valence-electron chi connectivity index (χ3n) is 4.97. The number of hydrogen-bond donors (Lipinski definition) is 0. The molecular weight excluding hydrogens is 364 g/mol. The van der Waals surface area contributed by atoms with Crippen LogP contribution in [0, 0.1) is 6.92 Å². The number of benzene rings is 2. The lowest BCUT2D eigenvalue weighted by molar-refractivity contribution is -0.120. The Hall–Kier alpha value is -3.09. The van der Waals surface area contributed by atoms with Crippen LogP contribution in [-0.4, -0.2) is 53.9 Å². The maximum Gasteiger partial charge on any atom is 0.246 e. The normalized spacial score (nSPS) is 14.5. The molecule has 29 heavy (non-hydrogen) atoms. The minimum absolute atomic E-state index is 0.0250. The molecule has 3 aromatic rings. The zero-order valence-corrected chi connectivity index (χ0v) is 16.5. The second-order valence-electron chi connectivity index (χ2n) is 7.06. The molecule has 6 heteroatoms. The molecule has 4 rings (SSSR count). The van der Waals surface area contributed by atoms with E-state index in [-0.39, 0.29) is 5.91 Å². The summed E-state index contributed by atoms with van der Waals surface area (Å²) in [7, 11) is 0. The van der Waals surface area contributed by atoms with E-state index >= 15 is 0 Å². The van der Waals surface area contributed by atoms with E-state index in [0.29, 0.717) is 25.6 Å². The Balaban J connectivity index is 1.66. The van der Waals surface area contributed by atoms with Gasteiger partial charge < -0.3 is 4.74 Å². The molecule has 148 valence electrons. The van der Waals surface area contributed by atoms with Crippen molar-refractivity contribution < 1.29 is 9.53 Å². The fourth-order valence-electron chi connectivity index (χ4n) is 3.43. The maximum absolute atomic E-state index is 13.3. The molecule has 6 nitrogen and oxygen atoms in total. The molecule has 0 atom stereocenters. The molecule has 1 aliphatic rings. The molecule has 2 aromatic carbocycles. The largest absolute Gasteiger partial charge is 0.379 e. The summed E-state index contributed by atoms with van der Waals surface area (Å²) in [6, 6.07) is 21.5. The minimum Gasteiger partial charge on any atom is -0.379 e. The number of amides is 1. The Morgan fingerprint density at radius 1 is 1.00 bits per heavy atom. The molecule has 1 amide bonds. The van der Waals surface area contributed by atoms with Gasteiger partial charge >= 0.3 is 0 Å². The van der Waals surface area contributed by atoms with Gasteiger partial charge in [0, 0.05) is 18.7 Å². The van der Waals surface area contributed by atoms with Crippen LogP contribution in [0.5, 0.6) is 0 Å². The summed E-state index contributed by atoms with van der Waals surface area (Å²) in [5.41, 5.74) is 3.48. The summed E-state index contributed by atoms with van der Waals surface area (Å²) in [5, 5.41) is 8.87. The van der Waals surface area contributed by atoms with Crippen molar-refractivity contribution in [1.29, 1.82) is 0 Å². The van der Waals surface area contributed by atoms with E-state index in [1.54, 1.807) is 4.90 Å². The number of aryl methyl sites for hydroxylation is 1. The van der Waals surface area contributed by atoms with Gasteiger partial charge in [-0.2, -0.15) is 0 Å². The van der Waals surface area contributed by atoms with Gasteiger partial charge in [-0.1, -0.05) is 48.5 Å². The lowest BCUT2D eigenvalue weighted by atomic mass is 10.1. The number of para-hydroxylation sites is 1. The molecule has 0 unspecified atom stereocenters. The van der Waals surface area contributed by atoms with Crippen molar-refractivity contribution in [3.63, 3.8) is 0 Å². The standard InChI is InChI=1S/C23H24N4O2/c1-18-16-21(19-8-4-2-5-9-19)24-25-23(18)27(20-10-6-3-7-11-20)22(28)17-26-12-14-29-15-13-26/h2-11,16H,12-15,17H2,1H3. The van der Waals surface area contributed by atoms with Crippen molar-refractivity contribution in [1.82, 2.24) is 15.1 Å². The summed E-state index contributed by atoms with van der Waals surface area (Å²) in [5.74, 6) is 0.539. The summed E-state index contributed by atoms with van der Waals surface area (Å²) < 4.78 is 5.40. The van der Waals surface area contributed by atoms with E-state index in [4.69, 9.17) is 4.74 Å². The van der Waals surface area contributed by atoms with E-state index in [1.165, 1.54) is 0 Å². The van der Waals surface area contributed by atoms with Gasteiger partial charge in [0.25, 0.3) is 0 Å². The van der Waals surface area contributed by atoms with Gasteiger partial charge in [0.05, 0.1) is 31.1 Å². The van der Waals surface area contributed by atoms with E-state index in [9.17, 15) is 4.79 Å². The predicted octanol–water partition coefficient (Wildman–Crippen LogP) is 3.45. The van der Waals surface area contributed by atoms with Crippen molar-refractivity contribution in [3.8, 4) is 11.3 Å². The topological polar surface area (TPSA) is 58.6 Å². The van der Waals surface area contributed by atoms with Crippen molar-refractivity contribution in [2.45, 2.75) is 6.92 Å². The highest BCUT2D eigenvalue weighted by Gasteiger charge is 2.24. The molecular formula is C23H24N4O2. The molecule has 1 aliphatic heterocycles. The first kappa shape index (κ1) is 19.2. The molecule has 1 aromatic heterocycles. The molecule has 0 radical (unpaired) electrons. The van der Waals surface area contributed by atoms with Gasteiger partial charge in [-0.05, 0) is 30.7 Å². The number of nitrogens with zero attached hydrogens (tertiary/aromatic N) is 4. The lowest BCUT2D eigenvalue weighted by Gasteiger charge is -2.29. The second kappa shape index (κ2) is 8.94. The van der Waals surface area contributed by atoms with Gasteiger partial charge in [-0.25, -0.2) is 0 Å². The van der Waals surface area contributed by atoms with Crippen LogP contribution >= 0.6 is 0 Å². The monoisotopic (exact) mass is 388 g/mol. The van der Waals surface area contributed by atoms with Crippen LogP contribution in [0.2, 0.25) is 0 Å². The molecule has 2 heterocycles. The van der Waals surface area contributed by atoms with Crippen LogP contribution in [0.15, 0.2) is 66.7 Å². The molecule has 0 aliphatic carbocycles. The third-order valence-corrected chi connectivity index (χ3v) is 4.97. The van der Waals surface area contributed by atoms with E-state index in [2.05, 4.69) is 15.1 Å². The van der Waals surface area contributed by atoms with E-state index in [1.807, 2.05) is 73.7 Å². The van der Waals surface area contributed by atoms with Gasteiger partial charge in [0.2, 0.25) is 5.91 Å². The van der Waals surface area contributed by atoms with Crippen molar-refractivity contribution >= 4 is 17.4 Å². The van der Waals surface area contributed by atoms with Crippen molar-refractivity contribution in [2.24, 2.45) is 0 Å². The smallest absolute Gasteiger partial charge is 0.246 e. The summed E-state index contributed by atoms with van der Waals surface area (Å²) in [6.45, 7) is 5.11. The van der Waals surface area contributed by atoms with Gasteiger partial charge in [0.15, 0.2) is 5.82 Å². The van der Waals surface area contributed by atoms with Gasteiger partial charge in [-0.3, -0.25) is 14.6 Å². The molecule has 0 saturated carbocycles.